The van der Waals surface area contributed by atoms with Crippen molar-refractivity contribution in [1.82, 2.24) is 15.1 Å². The molecular weight excluding hydrogens is 288 g/mol. The van der Waals surface area contributed by atoms with Crippen molar-refractivity contribution in [3.63, 3.8) is 0 Å². The van der Waals surface area contributed by atoms with Gasteiger partial charge in [-0.1, -0.05) is 24.3 Å². The zero-order valence-electron chi connectivity index (χ0n) is 13.0. The van der Waals surface area contributed by atoms with Crippen molar-refractivity contribution in [3.05, 3.63) is 48.0 Å². The van der Waals surface area contributed by atoms with Crippen LogP contribution >= 0.6 is 0 Å². The van der Waals surface area contributed by atoms with Crippen molar-refractivity contribution < 1.29 is 4.74 Å². The van der Waals surface area contributed by atoms with Gasteiger partial charge in [-0.25, -0.2) is 0 Å². The number of benzene rings is 2. The average molecular weight is 308 g/mol. The highest BCUT2D eigenvalue weighted by molar-refractivity contribution is 5.94. The topological polar surface area (TPSA) is 67.2 Å². The van der Waals surface area contributed by atoms with Crippen LogP contribution in [0.15, 0.2) is 42.5 Å². The van der Waals surface area contributed by atoms with Crippen molar-refractivity contribution >= 4 is 16.6 Å². The third-order valence-corrected chi connectivity index (χ3v) is 4.32. The Kier molecular flexibility index (Phi) is 3.73. The Morgan fingerprint density at radius 1 is 1.09 bits per heavy atom. The second-order valence-electron chi connectivity index (χ2n) is 5.96. The molecule has 1 aliphatic rings. The van der Waals surface area contributed by atoms with E-state index in [1.165, 1.54) is 5.56 Å². The van der Waals surface area contributed by atoms with Crippen LogP contribution < -0.4 is 5.73 Å². The van der Waals surface area contributed by atoms with Gasteiger partial charge in [-0.05, 0) is 23.8 Å². The third kappa shape index (κ3) is 2.93. The Hall–Kier alpha value is -2.37. The first kappa shape index (κ1) is 14.2. The molecule has 2 heterocycles. The van der Waals surface area contributed by atoms with E-state index in [9.17, 15) is 0 Å². The molecular formula is C18H20N4O. The van der Waals surface area contributed by atoms with Crippen molar-refractivity contribution in [2.75, 3.05) is 32.0 Å². The number of anilines is 1. The van der Waals surface area contributed by atoms with E-state index in [4.69, 9.17) is 10.5 Å². The lowest BCUT2D eigenvalue weighted by Crippen LogP contribution is -2.35. The molecule has 5 nitrogen and oxygen atoms in total. The van der Waals surface area contributed by atoms with Gasteiger partial charge in [-0.3, -0.25) is 10.00 Å². The van der Waals surface area contributed by atoms with E-state index < -0.39 is 0 Å². The van der Waals surface area contributed by atoms with Gasteiger partial charge in [0.2, 0.25) is 0 Å². The summed E-state index contributed by atoms with van der Waals surface area (Å²) in [7, 11) is 0. The zero-order valence-corrected chi connectivity index (χ0v) is 13.0. The Morgan fingerprint density at radius 3 is 2.65 bits per heavy atom. The van der Waals surface area contributed by atoms with E-state index in [0.29, 0.717) is 0 Å². The Balaban J connectivity index is 1.58. The monoisotopic (exact) mass is 308 g/mol. The highest BCUT2D eigenvalue weighted by atomic mass is 16.5. The number of rotatable bonds is 3. The minimum atomic E-state index is 0.754. The highest BCUT2D eigenvalue weighted by Gasteiger charge is 2.12. The van der Waals surface area contributed by atoms with Gasteiger partial charge in [0.15, 0.2) is 0 Å². The number of nitrogens with zero attached hydrogens (tertiary/aromatic N) is 2. The number of nitrogens with two attached hydrogens (primary N) is 1. The minimum Gasteiger partial charge on any atom is -0.399 e. The van der Waals surface area contributed by atoms with E-state index in [0.717, 1.165) is 60.7 Å². The standard InChI is InChI=1S/C18H20N4O/c19-15-5-6-17-16(11-15)18(21-20-17)14-3-1-13(2-4-14)12-22-7-9-23-10-8-22/h1-6,11H,7-10,12,19H2,(H,20,21). The summed E-state index contributed by atoms with van der Waals surface area (Å²) in [5.41, 5.74) is 11.0. The van der Waals surface area contributed by atoms with Gasteiger partial charge in [-0.2, -0.15) is 5.10 Å². The smallest absolute Gasteiger partial charge is 0.1000 e. The van der Waals surface area contributed by atoms with Crippen LogP contribution in [0.5, 0.6) is 0 Å². The maximum absolute atomic E-state index is 5.90. The Bertz CT molecular complexity index is 804. The molecule has 3 aromatic rings. The first-order chi connectivity index (χ1) is 11.3. The molecule has 1 saturated heterocycles. The molecule has 0 bridgehead atoms. The molecule has 2 aromatic carbocycles. The number of fused-ring (bicyclic) bond motifs is 1. The summed E-state index contributed by atoms with van der Waals surface area (Å²) in [5, 5.41) is 8.57. The van der Waals surface area contributed by atoms with Gasteiger partial charge >= 0.3 is 0 Å². The summed E-state index contributed by atoms with van der Waals surface area (Å²) >= 11 is 0. The van der Waals surface area contributed by atoms with Gasteiger partial charge < -0.3 is 10.5 Å². The largest absolute Gasteiger partial charge is 0.399 e. The quantitative estimate of drug-likeness (QED) is 0.730. The fourth-order valence-electron chi connectivity index (χ4n) is 3.04. The number of ether oxygens (including phenoxy) is 1. The Labute approximate surface area is 135 Å². The number of nitrogen functional groups attached to an aromatic ring is 1. The molecule has 1 aliphatic heterocycles. The van der Waals surface area contributed by atoms with Crippen molar-refractivity contribution in [3.8, 4) is 11.3 Å². The normalized spacial score (nSPS) is 16.0. The lowest BCUT2D eigenvalue weighted by Gasteiger charge is -2.26. The molecule has 0 aliphatic carbocycles. The first-order valence-electron chi connectivity index (χ1n) is 7.92. The molecule has 118 valence electrons. The van der Waals surface area contributed by atoms with Crippen LogP contribution in [0.3, 0.4) is 0 Å². The number of H-pyrrole nitrogens is 1. The summed E-state index contributed by atoms with van der Waals surface area (Å²) in [6, 6.07) is 14.4. The molecule has 3 N–H and O–H groups in total. The molecule has 1 fully saturated rings. The van der Waals surface area contributed by atoms with Gasteiger partial charge in [0, 0.05) is 36.3 Å². The van der Waals surface area contributed by atoms with Crippen LogP contribution in [-0.4, -0.2) is 41.4 Å². The summed E-state index contributed by atoms with van der Waals surface area (Å²) in [4.78, 5) is 2.42. The fourth-order valence-corrected chi connectivity index (χ4v) is 3.04. The summed E-state index contributed by atoms with van der Waals surface area (Å²) < 4.78 is 5.39. The van der Waals surface area contributed by atoms with Crippen LogP contribution in [0.1, 0.15) is 5.56 Å². The average Bonchev–Trinajstić information content (AvgIpc) is 2.99. The molecule has 0 unspecified atom stereocenters. The SMILES string of the molecule is Nc1ccc2[nH]nc(-c3ccc(CN4CCOCC4)cc3)c2c1. The van der Waals surface area contributed by atoms with Gasteiger partial charge in [0.1, 0.15) is 0 Å². The number of morpholine rings is 1. The molecule has 5 heteroatoms. The second-order valence-corrected chi connectivity index (χ2v) is 5.96. The zero-order chi connectivity index (χ0) is 15.6. The summed E-state index contributed by atoms with van der Waals surface area (Å²) in [6.45, 7) is 4.64. The number of aromatic nitrogens is 2. The second kappa shape index (κ2) is 6.02. The summed E-state index contributed by atoms with van der Waals surface area (Å²) in [6.07, 6.45) is 0. The number of hydrogen-bond acceptors (Lipinski definition) is 4. The number of nitrogens with one attached hydrogen (secondary N) is 1. The third-order valence-electron chi connectivity index (χ3n) is 4.32. The van der Waals surface area contributed by atoms with E-state index in [-0.39, 0.29) is 0 Å². The predicted octanol–water partition coefficient (Wildman–Crippen LogP) is 2.64. The van der Waals surface area contributed by atoms with Crippen LogP contribution in [0.25, 0.3) is 22.2 Å². The Morgan fingerprint density at radius 2 is 1.87 bits per heavy atom. The molecule has 0 amide bonds. The van der Waals surface area contributed by atoms with Crippen molar-refractivity contribution in [2.45, 2.75) is 6.54 Å². The number of hydrogen-bond donors (Lipinski definition) is 2. The van der Waals surface area contributed by atoms with Crippen molar-refractivity contribution in [1.29, 1.82) is 0 Å². The molecule has 0 radical (unpaired) electrons. The van der Waals surface area contributed by atoms with E-state index >= 15 is 0 Å². The summed E-state index contributed by atoms with van der Waals surface area (Å²) in [5.74, 6) is 0. The molecule has 1 aromatic heterocycles. The van der Waals surface area contributed by atoms with Gasteiger partial charge in [-0.15, -0.1) is 0 Å². The lowest BCUT2D eigenvalue weighted by molar-refractivity contribution is 0.0342. The van der Waals surface area contributed by atoms with Crippen LogP contribution in [0, 0.1) is 0 Å². The van der Waals surface area contributed by atoms with Crippen molar-refractivity contribution in [2.24, 2.45) is 0 Å². The molecule has 0 atom stereocenters. The van der Waals surface area contributed by atoms with Gasteiger partial charge in [0.25, 0.3) is 0 Å². The van der Waals surface area contributed by atoms with Gasteiger partial charge in [0.05, 0.1) is 24.4 Å². The number of aromatic amines is 1. The molecule has 0 saturated carbocycles. The fraction of sp³-hybridized carbons (Fsp3) is 0.278. The maximum Gasteiger partial charge on any atom is 0.1000 e. The lowest BCUT2D eigenvalue weighted by atomic mass is 10.1. The predicted molar refractivity (Wildman–Crippen MR) is 92.0 cm³/mol. The van der Waals surface area contributed by atoms with E-state index in [2.05, 4.69) is 39.4 Å². The maximum atomic E-state index is 5.90. The van der Waals surface area contributed by atoms with Crippen LogP contribution in [0.2, 0.25) is 0 Å². The molecule has 23 heavy (non-hydrogen) atoms. The van der Waals surface area contributed by atoms with E-state index in [1.807, 2.05) is 18.2 Å². The molecule has 0 spiro atoms. The first-order valence-corrected chi connectivity index (χ1v) is 7.92. The van der Waals surface area contributed by atoms with E-state index in [1.54, 1.807) is 0 Å². The molecule has 4 rings (SSSR count). The van der Waals surface area contributed by atoms with Crippen LogP contribution in [0.4, 0.5) is 5.69 Å². The van der Waals surface area contributed by atoms with Crippen LogP contribution in [-0.2, 0) is 11.3 Å². The minimum absolute atomic E-state index is 0.754. The highest BCUT2D eigenvalue weighted by Crippen LogP contribution is 2.28.